The van der Waals surface area contributed by atoms with Crippen LogP contribution >= 0.6 is 0 Å². The summed E-state index contributed by atoms with van der Waals surface area (Å²) in [6, 6.07) is 13.9. The molecule has 3 heterocycles. The second-order valence-electron chi connectivity index (χ2n) is 7.36. The van der Waals surface area contributed by atoms with Crippen LogP contribution in [0.15, 0.2) is 59.0 Å². The van der Waals surface area contributed by atoms with Crippen molar-refractivity contribution >= 4 is 17.6 Å². The highest BCUT2D eigenvalue weighted by Gasteiger charge is 2.22. The highest BCUT2D eigenvalue weighted by molar-refractivity contribution is 6.02. The predicted octanol–water partition coefficient (Wildman–Crippen LogP) is 3.41. The molecule has 1 amide bonds. The number of likely N-dealkylation sites (tertiary alicyclic amines) is 1. The quantitative estimate of drug-likeness (QED) is 0.455. The standard InChI is InChI=1S/C24H22N4O4/c1-31-18-8-10-19(11-9-18)32-22-20(24(30)28-14-6-3-7-21(28)26-22)15-17(16-25)23(29)27-12-4-2-5-13-27/h3,6-11,14-15H,2,4-5,12-13H2,1H3/b17-15+. The van der Waals surface area contributed by atoms with Crippen molar-refractivity contribution in [3.63, 3.8) is 0 Å². The molecule has 2 aromatic heterocycles. The van der Waals surface area contributed by atoms with Gasteiger partial charge in [0.25, 0.3) is 11.5 Å². The number of hydrogen-bond acceptors (Lipinski definition) is 6. The maximum atomic E-state index is 13.2. The molecule has 4 rings (SSSR count). The van der Waals surface area contributed by atoms with Crippen LogP contribution in [-0.2, 0) is 4.79 Å². The number of amides is 1. The van der Waals surface area contributed by atoms with Crippen molar-refractivity contribution in [2.24, 2.45) is 0 Å². The van der Waals surface area contributed by atoms with E-state index < -0.39 is 5.56 Å². The van der Waals surface area contributed by atoms with Gasteiger partial charge in [-0.05, 0) is 61.7 Å². The minimum absolute atomic E-state index is 0.0190. The van der Waals surface area contributed by atoms with Gasteiger partial charge >= 0.3 is 0 Å². The van der Waals surface area contributed by atoms with Gasteiger partial charge < -0.3 is 14.4 Å². The van der Waals surface area contributed by atoms with E-state index in [9.17, 15) is 14.9 Å². The van der Waals surface area contributed by atoms with Crippen LogP contribution in [0.2, 0.25) is 0 Å². The van der Waals surface area contributed by atoms with Gasteiger partial charge in [-0.1, -0.05) is 6.07 Å². The van der Waals surface area contributed by atoms with Gasteiger partial charge in [0.1, 0.15) is 34.4 Å². The molecule has 1 aromatic carbocycles. The SMILES string of the molecule is COc1ccc(Oc2nc3ccccn3c(=O)c2/C=C(\C#N)C(=O)N2CCCCC2)cc1. The van der Waals surface area contributed by atoms with Crippen molar-refractivity contribution in [2.75, 3.05) is 20.2 Å². The number of nitrogens with zero attached hydrogens (tertiary/aromatic N) is 4. The van der Waals surface area contributed by atoms with Gasteiger partial charge in [-0.25, -0.2) is 0 Å². The molecule has 0 bridgehead atoms. The zero-order chi connectivity index (χ0) is 22.5. The van der Waals surface area contributed by atoms with E-state index in [4.69, 9.17) is 9.47 Å². The lowest BCUT2D eigenvalue weighted by Gasteiger charge is -2.26. The highest BCUT2D eigenvalue weighted by Crippen LogP contribution is 2.26. The third-order valence-electron chi connectivity index (χ3n) is 5.29. The number of rotatable bonds is 5. The molecule has 0 unspecified atom stereocenters. The first-order valence-corrected chi connectivity index (χ1v) is 10.3. The number of pyridine rings is 1. The van der Waals surface area contributed by atoms with Gasteiger partial charge in [0.15, 0.2) is 0 Å². The topological polar surface area (TPSA) is 96.9 Å². The summed E-state index contributed by atoms with van der Waals surface area (Å²) in [6.45, 7) is 1.20. The molecule has 0 saturated carbocycles. The number of ether oxygens (including phenoxy) is 2. The minimum Gasteiger partial charge on any atom is -0.497 e. The molecule has 32 heavy (non-hydrogen) atoms. The third kappa shape index (κ3) is 4.32. The number of piperidine rings is 1. The van der Waals surface area contributed by atoms with E-state index in [1.54, 1.807) is 60.7 Å². The zero-order valence-corrected chi connectivity index (χ0v) is 17.7. The fourth-order valence-corrected chi connectivity index (χ4v) is 3.59. The smallest absolute Gasteiger partial charge is 0.269 e. The number of nitriles is 1. The van der Waals surface area contributed by atoms with Crippen LogP contribution in [0.1, 0.15) is 24.8 Å². The maximum absolute atomic E-state index is 13.2. The predicted molar refractivity (Wildman–Crippen MR) is 119 cm³/mol. The number of fused-ring (bicyclic) bond motifs is 1. The molecule has 8 nitrogen and oxygen atoms in total. The monoisotopic (exact) mass is 430 g/mol. The Morgan fingerprint density at radius 2 is 1.81 bits per heavy atom. The van der Waals surface area contributed by atoms with E-state index in [0.717, 1.165) is 19.3 Å². The maximum Gasteiger partial charge on any atom is 0.269 e. The second kappa shape index (κ2) is 9.35. The van der Waals surface area contributed by atoms with E-state index in [-0.39, 0.29) is 22.9 Å². The Bertz CT molecular complexity index is 1270. The number of carbonyl (C=O) groups excluding carboxylic acids is 1. The number of carbonyl (C=O) groups is 1. The first kappa shape index (κ1) is 21.1. The Morgan fingerprint density at radius 3 is 2.50 bits per heavy atom. The molecule has 0 N–H and O–H groups in total. The molecule has 1 fully saturated rings. The third-order valence-corrected chi connectivity index (χ3v) is 5.29. The summed E-state index contributed by atoms with van der Waals surface area (Å²) in [4.78, 5) is 32.2. The first-order valence-electron chi connectivity index (χ1n) is 10.3. The largest absolute Gasteiger partial charge is 0.497 e. The lowest BCUT2D eigenvalue weighted by molar-refractivity contribution is -0.127. The van der Waals surface area contributed by atoms with Gasteiger partial charge in [0.2, 0.25) is 5.88 Å². The Morgan fingerprint density at radius 1 is 1.09 bits per heavy atom. The van der Waals surface area contributed by atoms with E-state index >= 15 is 0 Å². The summed E-state index contributed by atoms with van der Waals surface area (Å²) in [6.07, 6.45) is 5.72. The van der Waals surface area contributed by atoms with Gasteiger partial charge in [0, 0.05) is 19.3 Å². The van der Waals surface area contributed by atoms with Gasteiger partial charge in [-0.3, -0.25) is 14.0 Å². The molecule has 1 saturated heterocycles. The van der Waals surface area contributed by atoms with Crippen LogP contribution in [0, 0.1) is 11.3 Å². The van der Waals surface area contributed by atoms with Gasteiger partial charge in [0.05, 0.1) is 7.11 Å². The minimum atomic E-state index is -0.432. The molecular weight excluding hydrogens is 408 g/mol. The summed E-state index contributed by atoms with van der Waals surface area (Å²) in [5, 5.41) is 9.68. The van der Waals surface area contributed by atoms with Crippen LogP contribution < -0.4 is 15.0 Å². The zero-order valence-electron chi connectivity index (χ0n) is 17.7. The highest BCUT2D eigenvalue weighted by atomic mass is 16.5. The summed E-state index contributed by atoms with van der Waals surface area (Å²) in [5.74, 6) is 0.724. The molecule has 8 heteroatoms. The van der Waals surface area contributed by atoms with Crippen LogP contribution in [-0.4, -0.2) is 40.4 Å². The van der Waals surface area contributed by atoms with Crippen LogP contribution in [0.4, 0.5) is 0 Å². The average molecular weight is 430 g/mol. The van der Waals surface area contributed by atoms with E-state index in [1.165, 1.54) is 10.5 Å². The van der Waals surface area contributed by atoms with Gasteiger partial charge in [-0.15, -0.1) is 0 Å². The molecule has 3 aromatic rings. The molecule has 1 aliphatic rings. The lowest BCUT2D eigenvalue weighted by atomic mass is 10.1. The summed E-state index contributed by atoms with van der Waals surface area (Å²) in [5.41, 5.74) is -0.134. The molecule has 0 atom stereocenters. The van der Waals surface area contributed by atoms with Gasteiger partial charge in [-0.2, -0.15) is 10.2 Å². The molecule has 0 spiro atoms. The van der Waals surface area contributed by atoms with Crippen LogP contribution in [0.25, 0.3) is 11.7 Å². The Labute approximate surface area is 184 Å². The fourth-order valence-electron chi connectivity index (χ4n) is 3.59. The van der Waals surface area contributed by atoms with Crippen molar-refractivity contribution in [2.45, 2.75) is 19.3 Å². The van der Waals surface area contributed by atoms with Crippen molar-refractivity contribution < 1.29 is 14.3 Å². The number of benzene rings is 1. The number of aromatic nitrogens is 2. The van der Waals surface area contributed by atoms with E-state index in [2.05, 4.69) is 4.98 Å². The Balaban J connectivity index is 1.80. The normalized spacial score (nSPS) is 14.1. The number of methoxy groups -OCH3 is 1. The van der Waals surface area contributed by atoms with E-state index in [0.29, 0.717) is 30.2 Å². The average Bonchev–Trinajstić information content (AvgIpc) is 2.84. The number of hydrogen-bond donors (Lipinski definition) is 0. The summed E-state index contributed by atoms with van der Waals surface area (Å²) in [7, 11) is 1.56. The van der Waals surface area contributed by atoms with Crippen LogP contribution in [0.5, 0.6) is 17.4 Å². The summed E-state index contributed by atoms with van der Waals surface area (Å²) >= 11 is 0. The molecular formula is C24H22N4O4. The summed E-state index contributed by atoms with van der Waals surface area (Å²) < 4.78 is 12.4. The van der Waals surface area contributed by atoms with E-state index in [1.807, 2.05) is 6.07 Å². The van der Waals surface area contributed by atoms with Crippen molar-refractivity contribution in [3.8, 4) is 23.4 Å². The Hall–Kier alpha value is -4.12. The van der Waals surface area contributed by atoms with Crippen LogP contribution in [0.3, 0.4) is 0 Å². The Kier molecular flexibility index (Phi) is 6.17. The van der Waals surface area contributed by atoms with Crippen molar-refractivity contribution in [3.05, 3.63) is 70.2 Å². The molecule has 162 valence electrons. The van der Waals surface area contributed by atoms with Crippen molar-refractivity contribution in [1.82, 2.24) is 14.3 Å². The molecule has 0 aliphatic carbocycles. The van der Waals surface area contributed by atoms with Crippen molar-refractivity contribution in [1.29, 1.82) is 5.26 Å². The fraction of sp³-hybridized carbons (Fsp3) is 0.250. The molecule has 1 aliphatic heterocycles. The molecule has 0 radical (unpaired) electrons. The lowest BCUT2D eigenvalue weighted by Crippen LogP contribution is -2.36. The first-order chi connectivity index (χ1) is 15.6. The second-order valence-corrected chi connectivity index (χ2v) is 7.36.